The molecule has 2 nitrogen and oxygen atoms in total. The number of rotatable bonds is 11. The minimum absolute atomic E-state index is 0.743. The van der Waals surface area contributed by atoms with Crippen molar-refractivity contribution >= 4 is 0 Å². The van der Waals surface area contributed by atoms with Crippen molar-refractivity contribution in [3.05, 3.63) is 59.7 Å². The molecule has 0 unspecified atom stereocenters. The van der Waals surface area contributed by atoms with Crippen molar-refractivity contribution < 1.29 is 0 Å². The zero-order chi connectivity index (χ0) is 18.8. The van der Waals surface area contributed by atoms with E-state index < -0.39 is 0 Å². The van der Waals surface area contributed by atoms with Crippen LogP contribution in [0.5, 0.6) is 0 Å². The van der Waals surface area contributed by atoms with Gasteiger partial charge in [0.25, 0.3) is 0 Å². The second-order valence-corrected chi connectivity index (χ2v) is 8.08. The smallest absolute Gasteiger partial charge is 0.0211 e. The fraction of sp³-hybridized carbons (Fsp3) is 0.500. The molecule has 2 rings (SSSR count). The second-order valence-electron chi connectivity index (χ2n) is 8.08. The van der Waals surface area contributed by atoms with Crippen molar-refractivity contribution in [3.8, 4) is 11.1 Å². The second kappa shape index (κ2) is 11.2. The molecule has 0 saturated carbocycles. The molecular weight excluding hydrogens is 316 g/mol. The first-order valence-electron chi connectivity index (χ1n) is 10.1. The summed E-state index contributed by atoms with van der Waals surface area (Å²) in [5, 5.41) is 7.21. The largest absolute Gasteiger partial charge is 0.313 e. The summed E-state index contributed by atoms with van der Waals surface area (Å²) in [6, 6.07) is 17.6. The summed E-state index contributed by atoms with van der Waals surface area (Å²) >= 11 is 0. The molecule has 2 N–H and O–H groups in total. The average Bonchev–Trinajstić information content (AvgIpc) is 2.63. The third-order valence-corrected chi connectivity index (χ3v) is 4.70. The summed E-state index contributed by atoms with van der Waals surface area (Å²) in [5.41, 5.74) is 5.40. The molecule has 0 aliphatic rings. The van der Waals surface area contributed by atoms with Crippen LogP contribution in [-0.2, 0) is 13.1 Å². The number of hydrogen-bond acceptors (Lipinski definition) is 2. The van der Waals surface area contributed by atoms with Crippen LogP contribution in [0, 0.1) is 11.8 Å². The Kier molecular flexibility index (Phi) is 8.87. The molecule has 0 bridgehead atoms. The van der Waals surface area contributed by atoms with Crippen molar-refractivity contribution in [2.75, 3.05) is 13.1 Å². The van der Waals surface area contributed by atoms with Gasteiger partial charge in [-0.1, -0.05) is 76.2 Å². The molecule has 0 saturated heterocycles. The highest BCUT2D eigenvalue weighted by molar-refractivity contribution is 5.67. The van der Waals surface area contributed by atoms with Crippen LogP contribution in [0.2, 0.25) is 0 Å². The maximum absolute atomic E-state index is 3.63. The van der Waals surface area contributed by atoms with Crippen LogP contribution in [0.3, 0.4) is 0 Å². The quantitative estimate of drug-likeness (QED) is 0.513. The minimum atomic E-state index is 0.743. The lowest BCUT2D eigenvalue weighted by Gasteiger charge is -2.15. The molecule has 2 aromatic rings. The van der Waals surface area contributed by atoms with E-state index in [-0.39, 0.29) is 0 Å². The molecule has 0 aliphatic carbocycles. The maximum atomic E-state index is 3.63. The summed E-state index contributed by atoms with van der Waals surface area (Å²) in [6.07, 6.45) is 2.45. The van der Waals surface area contributed by atoms with E-state index >= 15 is 0 Å². The summed E-state index contributed by atoms with van der Waals surface area (Å²) in [4.78, 5) is 0. The molecule has 0 amide bonds. The van der Waals surface area contributed by atoms with Gasteiger partial charge in [0.1, 0.15) is 0 Å². The molecule has 0 fully saturated rings. The van der Waals surface area contributed by atoms with Gasteiger partial charge in [0.15, 0.2) is 0 Å². The van der Waals surface area contributed by atoms with Crippen LogP contribution in [0.25, 0.3) is 11.1 Å². The van der Waals surface area contributed by atoms with E-state index in [1.54, 1.807) is 0 Å². The van der Waals surface area contributed by atoms with Gasteiger partial charge >= 0.3 is 0 Å². The Bertz CT molecular complexity index is 632. The fourth-order valence-electron chi connectivity index (χ4n) is 3.04. The van der Waals surface area contributed by atoms with Gasteiger partial charge in [-0.05, 0) is 60.0 Å². The van der Waals surface area contributed by atoms with E-state index in [1.807, 2.05) is 0 Å². The molecule has 0 heterocycles. The molecule has 2 aromatic carbocycles. The molecule has 142 valence electrons. The molecular formula is C24H36N2. The Morgan fingerprint density at radius 2 is 1.35 bits per heavy atom. The number of nitrogens with one attached hydrogen (secondary N) is 2. The average molecular weight is 353 g/mol. The molecule has 0 radical (unpaired) electrons. The van der Waals surface area contributed by atoms with Crippen LogP contribution in [0.15, 0.2) is 48.5 Å². The third kappa shape index (κ3) is 7.31. The molecule has 0 aromatic heterocycles. The van der Waals surface area contributed by atoms with E-state index in [0.717, 1.165) is 38.0 Å². The van der Waals surface area contributed by atoms with E-state index in [1.165, 1.54) is 35.1 Å². The lowest BCUT2D eigenvalue weighted by atomic mass is 9.97. The van der Waals surface area contributed by atoms with Crippen LogP contribution >= 0.6 is 0 Å². The molecule has 0 atom stereocenters. The Labute approximate surface area is 160 Å². The predicted octanol–water partition coefficient (Wildman–Crippen LogP) is 5.63. The van der Waals surface area contributed by atoms with E-state index in [2.05, 4.69) is 86.9 Å². The summed E-state index contributed by atoms with van der Waals surface area (Å²) in [5.74, 6) is 1.50. The van der Waals surface area contributed by atoms with Gasteiger partial charge in [-0.2, -0.15) is 0 Å². The zero-order valence-corrected chi connectivity index (χ0v) is 17.0. The topological polar surface area (TPSA) is 24.1 Å². The van der Waals surface area contributed by atoms with Crippen LogP contribution in [-0.4, -0.2) is 13.1 Å². The fourth-order valence-corrected chi connectivity index (χ4v) is 3.04. The van der Waals surface area contributed by atoms with Crippen molar-refractivity contribution in [1.82, 2.24) is 10.6 Å². The van der Waals surface area contributed by atoms with Gasteiger partial charge in [0.05, 0.1) is 0 Å². The Balaban J connectivity index is 2.06. The zero-order valence-electron chi connectivity index (χ0n) is 17.0. The molecule has 0 aliphatic heterocycles. The summed E-state index contributed by atoms with van der Waals surface area (Å²) in [6.45, 7) is 13.1. The summed E-state index contributed by atoms with van der Waals surface area (Å²) in [7, 11) is 0. The first-order valence-corrected chi connectivity index (χ1v) is 10.1. The van der Waals surface area contributed by atoms with Crippen molar-refractivity contribution in [3.63, 3.8) is 0 Å². The van der Waals surface area contributed by atoms with Gasteiger partial charge in [0, 0.05) is 13.1 Å². The van der Waals surface area contributed by atoms with Gasteiger partial charge in [-0.15, -0.1) is 0 Å². The van der Waals surface area contributed by atoms with E-state index in [9.17, 15) is 0 Å². The van der Waals surface area contributed by atoms with Gasteiger partial charge < -0.3 is 10.6 Å². The highest BCUT2D eigenvalue weighted by Crippen LogP contribution is 2.25. The van der Waals surface area contributed by atoms with Crippen molar-refractivity contribution in [1.29, 1.82) is 0 Å². The standard InChI is InChI=1S/C24H36N2/c1-19(2)12-14-25-17-21-10-11-24(22-8-6-5-7-9-22)23(16-21)18-26-15-13-20(3)4/h5-11,16,19-20,25-26H,12-15,17-18H2,1-4H3. The first kappa shape index (κ1) is 20.7. The van der Waals surface area contributed by atoms with Crippen LogP contribution in [0.1, 0.15) is 51.7 Å². The molecule has 0 spiro atoms. The summed E-state index contributed by atoms with van der Waals surface area (Å²) < 4.78 is 0. The van der Waals surface area contributed by atoms with E-state index in [4.69, 9.17) is 0 Å². The Hall–Kier alpha value is -1.64. The van der Waals surface area contributed by atoms with Gasteiger partial charge in [-0.25, -0.2) is 0 Å². The minimum Gasteiger partial charge on any atom is -0.313 e. The predicted molar refractivity (Wildman–Crippen MR) is 114 cm³/mol. The van der Waals surface area contributed by atoms with Gasteiger partial charge in [-0.3, -0.25) is 0 Å². The van der Waals surface area contributed by atoms with Crippen molar-refractivity contribution in [2.24, 2.45) is 11.8 Å². The van der Waals surface area contributed by atoms with Gasteiger partial charge in [0.2, 0.25) is 0 Å². The normalized spacial score (nSPS) is 11.5. The number of hydrogen-bond donors (Lipinski definition) is 2. The highest BCUT2D eigenvalue weighted by Gasteiger charge is 2.07. The lowest BCUT2D eigenvalue weighted by molar-refractivity contribution is 0.535. The van der Waals surface area contributed by atoms with Crippen molar-refractivity contribution in [2.45, 2.75) is 53.6 Å². The lowest BCUT2D eigenvalue weighted by Crippen LogP contribution is -2.18. The van der Waals surface area contributed by atoms with Crippen LogP contribution in [0.4, 0.5) is 0 Å². The number of benzene rings is 2. The molecule has 2 heteroatoms. The highest BCUT2D eigenvalue weighted by atomic mass is 14.9. The monoisotopic (exact) mass is 352 g/mol. The Morgan fingerprint density at radius 3 is 1.96 bits per heavy atom. The first-order chi connectivity index (χ1) is 12.6. The molecule has 26 heavy (non-hydrogen) atoms. The van der Waals surface area contributed by atoms with E-state index in [0.29, 0.717) is 0 Å². The Morgan fingerprint density at radius 1 is 0.731 bits per heavy atom. The third-order valence-electron chi connectivity index (χ3n) is 4.70. The maximum Gasteiger partial charge on any atom is 0.0211 e. The SMILES string of the molecule is CC(C)CCNCc1ccc(-c2ccccc2)c(CNCCC(C)C)c1. The van der Waals surface area contributed by atoms with Crippen LogP contribution < -0.4 is 10.6 Å².